The van der Waals surface area contributed by atoms with Crippen molar-refractivity contribution in [3.8, 4) is 0 Å². The predicted octanol–water partition coefficient (Wildman–Crippen LogP) is 2.77. The molecule has 0 heterocycles. The monoisotopic (exact) mass is 444 g/mol. The first-order chi connectivity index (χ1) is 13.9. The lowest BCUT2D eigenvalue weighted by molar-refractivity contribution is 0.105. The highest BCUT2D eigenvalue weighted by molar-refractivity contribution is 7.89. The molecule has 0 aromatic heterocycles. The maximum absolute atomic E-state index is 12.3. The van der Waals surface area contributed by atoms with Crippen LogP contribution in [-0.2, 0) is 14.8 Å². The van der Waals surface area contributed by atoms with Gasteiger partial charge in [0.25, 0.3) is 0 Å². The summed E-state index contributed by atoms with van der Waals surface area (Å²) in [6.45, 7) is 5.06. The van der Waals surface area contributed by atoms with Crippen molar-refractivity contribution in [2.75, 3.05) is 39.9 Å². The number of sulfonamides is 1. The van der Waals surface area contributed by atoms with Crippen LogP contribution in [0.2, 0.25) is 5.02 Å². The number of ether oxygens (including phenoxy) is 1. The van der Waals surface area contributed by atoms with E-state index in [0.29, 0.717) is 17.5 Å². The van der Waals surface area contributed by atoms with Gasteiger partial charge in [-0.05, 0) is 49.8 Å². The van der Waals surface area contributed by atoms with E-state index in [-0.39, 0.29) is 16.9 Å². The van der Waals surface area contributed by atoms with Gasteiger partial charge in [-0.15, -0.1) is 0 Å². The molecule has 2 rings (SSSR count). The Morgan fingerprint density at radius 3 is 2.66 bits per heavy atom. The molecule has 0 spiro atoms. The van der Waals surface area contributed by atoms with E-state index < -0.39 is 10.0 Å². The first kappa shape index (κ1) is 23.9. The number of hydrogen-bond acceptors (Lipinski definition) is 4. The third-order valence-corrected chi connectivity index (χ3v) is 7.01. The fraction of sp³-hybridized carbons (Fsp3) is 0.650. The molecular formula is C20H33ClN4O3S. The second kappa shape index (κ2) is 11.7. The van der Waals surface area contributed by atoms with E-state index >= 15 is 0 Å². The smallest absolute Gasteiger partial charge is 0.240 e. The Kier molecular flexibility index (Phi) is 9.68. The molecule has 1 aliphatic rings. The van der Waals surface area contributed by atoms with Crippen LogP contribution in [0.3, 0.4) is 0 Å². The number of aliphatic imine (C=N–C) groups is 1. The number of hydrogen-bond donors (Lipinski definition) is 3. The number of benzene rings is 1. The molecule has 0 bridgehead atoms. The normalized spacial score (nSPS) is 16.7. The summed E-state index contributed by atoms with van der Waals surface area (Å²) in [5.41, 5.74) is 0.251. The fourth-order valence-corrected chi connectivity index (χ4v) is 4.98. The molecular weight excluding hydrogens is 412 g/mol. The average molecular weight is 445 g/mol. The lowest BCUT2D eigenvalue weighted by atomic mass is 9.83. The van der Waals surface area contributed by atoms with Crippen LogP contribution in [0.4, 0.5) is 0 Å². The van der Waals surface area contributed by atoms with Crippen molar-refractivity contribution >= 4 is 27.6 Å². The molecule has 29 heavy (non-hydrogen) atoms. The van der Waals surface area contributed by atoms with E-state index in [2.05, 4.69) is 20.3 Å². The molecule has 0 radical (unpaired) electrons. The number of halogens is 1. The van der Waals surface area contributed by atoms with Crippen LogP contribution in [-0.4, -0.2) is 54.3 Å². The van der Waals surface area contributed by atoms with E-state index in [0.717, 1.165) is 26.2 Å². The van der Waals surface area contributed by atoms with Crippen molar-refractivity contribution in [1.29, 1.82) is 0 Å². The maximum Gasteiger partial charge on any atom is 0.240 e. The highest BCUT2D eigenvalue weighted by Crippen LogP contribution is 2.40. The Balaban J connectivity index is 1.77. The number of guanidine groups is 1. The molecule has 1 aliphatic carbocycles. The Hall–Kier alpha value is -1.35. The van der Waals surface area contributed by atoms with Crippen LogP contribution in [0.15, 0.2) is 34.2 Å². The van der Waals surface area contributed by atoms with Crippen molar-refractivity contribution in [3.63, 3.8) is 0 Å². The summed E-state index contributed by atoms with van der Waals surface area (Å²) in [5, 5.41) is 6.96. The van der Waals surface area contributed by atoms with Gasteiger partial charge in [-0.1, -0.05) is 30.5 Å². The predicted molar refractivity (Wildman–Crippen MR) is 118 cm³/mol. The van der Waals surface area contributed by atoms with Crippen molar-refractivity contribution in [3.05, 3.63) is 29.3 Å². The molecule has 1 fully saturated rings. The lowest BCUT2D eigenvalue weighted by Gasteiger charge is -2.30. The minimum absolute atomic E-state index is 0.157. The number of rotatable bonds is 11. The quantitative estimate of drug-likeness (QED) is 0.277. The standard InChI is InChI=1S/C20H33ClN4O3S/c1-3-28-14-11-20(9-4-5-10-20)16-24-19(22-2)23-12-13-25-29(26,27)18-8-6-7-17(21)15-18/h6-8,15,25H,3-5,9-14,16H2,1-2H3,(H2,22,23,24). The molecule has 7 nitrogen and oxygen atoms in total. The minimum atomic E-state index is -3.58. The summed E-state index contributed by atoms with van der Waals surface area (Å²) in [6.07, 6.45) is 5.95. The van der Waals surface area contributed by atoms with Crippen molar-refractivity contribution in [2.24, 2.45) is 10.4 Å². The molecule has 1 saturated carbocycles. The summed E-state index contributed by atoms with van der Waals surface area (Å²) < 4.78 is 32.8. The SMILES string of the molecule is CCOCCC1(CNC(=NC)NCCNS(=O)(=O)c2cccc(Cl)c2)CCCC1. The molecule has 1 aromatic rings. The molecule has 0 aliphatic heterocycles. The summed E-state index contributed by atoms with van der Waals surface area (Å²) in [6, 6.07) is 6.21. The van der Waals surface area contributed by atoms with E-state index in [9.17, 15) is 8.42 Å². The lowest BCUT2D eigenvalue weighted by Crippen LogP contribution is -2.45. The summed E-state index contributed by atoms with van der Waals surface area (Å²) >= 11 is 5.88. The Morgan fingerprint density at radius 2 is 2.00 bits per heavy atom. The summed E-state index contributed by atoms with van der Waals surface area (Å²) in [7, 11) is -1.87. The first-order valence-corrected chi connectivity index (χ1v) is 12.0. The Bertz CT molecular complexity index is 765. The average Bonchev–Trinajstić information content (AvgIpc) is 3.17. The topological polar surface area (TPSA) is 91.8 Å². The van der Waals surface area contributed by atoms with Gasteiger partial charge in [0.2, 0.25) is 10.0 Å². The maximum atomic E-state index is 12.3. The van der Waals surface area contributed by atoms with Gasteiger partial charge < -0.3 is 15.4 Å². The highest BCUT2D eigenvalue weighted by Gasteiger charge is 2.33. The summed E-state index contributed by atoms with van der Waals surface area (Å²) in [5.74, 6) is 0.676. The molecule has 9 heteroatoms. The molecule has 0 saturated heterocycles. The van der Waals surface area contributed by atoms with Crippen molar-refractivity contribution < 1.29 is 13.2 Å². The molecule has 0 unspecified atom stereocenters. The minimum Gasteiger partial charge on any atom is -0.382 e. The Morgan fingerprint density at radius 1 is 1.24 bits per heavy atom. The third-order valence-electron chi connectivity index (χ3n) is 5.32. The van der Waals surface area contributed by atoms with E-state index in [4.69, 9.17) is 16.3 Å². The van der Waals surface area contributed by atoms with Gasteiger partial charge in [0.1, 0.15) is 0 Å². The first-order valence-electron chi connectivity index (χ1n) is 10.2. The van der Waals surface area contributed by atoms with Gasteiger partial charge in [0.15, 0.2) is 5.96 Å². The van der Waals surface area contributed by atoms with E-state index in [1.165, 1.54) is 37.8 Å². The Labute approximate surface area is 179 Å². The van der Waals surface area contributed by atoms with Gasteiger partial charge in [0, 0.05) is 44.9 Å². The van der Waals surface area contributed by atoms with Crippen LogP contribution < -0.4 is 15.4 Å². The van der Waals surface area contributed by atoms with Crippen LogP contribution in [0.5, 0.6) is 0 Å². The zero-order chi connectivity index (χ0) is 21.2. The van der Waals surface area contributed by atoms with Crippen LogP contribution >= 0.6 is 11.6 Å². The van der Waals surface area contributed by atoms with Crippen LogP contribution in [0, 0.1) is 5.41 Å². The van der Waals surface area contributed by atoms with Gasteiger partial charge >= 0.3 is 0 Å². The third kappa shape index (κ3) is 7.77. The van der Waals surface area contributed by atoms with Gasteiger partial charge in [0.05, 0.1) is 4.90 Å². The number of nitrogens with zero attached hydrogens (tertiary/aromatic N) is 1. The largest absolute Gasteiger partial charge is 0.382 e. The molecule has 3 N–H and O–H groups in total. The van der Waals surface area contributed by atoms with E-state index in [1.807, 2.05) is 6.92 Å². The molecule has 164 valence electrons. The van der Waals surface area contributed by atoms with Gasteiger partial charge in [-0.25, -0.2) is 13.1 Å². The highest BCUT2D eigenvalue weighted by atomic mass is 35.5. The van der Waals surface area contributed by atoms with Crippen molar-refractivity contribution in [2.45, 2.75) is 43.9 Å². The van der Waals surface area contributed by atoms with Crippen LogP contribution in [0.25, 0.3) is 0 Å². The fourth-order valence-electron chi connectivity index (χ4n) is 3.65. The van der Waals surface area contributed by atoms with Gasteiger partial charge in [-0.2, -0.15) is 0 Å². The van der Waals surface area contributed by atoms with Crippen molar-refractivity contribution in [1.82, 2.24) is 15.4 Å². The molecule has 0 atom stereocenters. The molecule has 1 aromatic carbocycles. The van der Waals surface area contributed by atoms with Gasteiger partial charge in [-0.3, -0.25) is 4.99 Å². The van der Waals surface area contributed by atoms with E-state index in [1.54, 1.807) is 19.2 Å². The zero-order valence-electron chi connectivity index (χ0n) is 17.3. The second-order valence-corrected chi connectivity index (χ2v) is 9.57. The zero-order valence-corrected chi connectivity index (χ0v) is 18.9. The molecule has 0 amide bonds. The summed E-state index contributed by atoms with van der Waals surface area (Å²) in [4.78, 5) is 4.41. The number of nitrogens with one attached hydrogen (secondary N) is 3. The van der Waals surface area contributed by atoms with Crippen LogP contribution in [0.1, 0.15) is 39.0 Å². The second-order valence-electron chi connectivity index (χ2n) is 7.36.